The van der Waals surface area contributed by atoms with E-state index in [1.54, 1.807) is 7.11 Å². The van der Waals surface area contributed by atoms with Gasteiger partial charge in [0.25, 0.3) is 0 Å². The molecule has 0 aliphatic heterocycles. The van der Waals surface area contributed by atoms with Gasteiger partial charge in [-0.2, -0.15) is 0 Å². The molecule has 0 fully saturated rings. The van der Waals surface area contributed by atoms with Crippen molar-refractivity contribution >= 4 is 35.6 Å². The lowest BCUT2D eigenvalue weighted by Gasteiger charge is -2.16. The van der Waals surface area contributed by atoms with Gasteiger partial charge in [-0.25, -0.2) is 4.99 Å². The molecular weight excluding hydrogens is 491 g/mol. The molecule has 0 unspecified atom stereocenters. The molecule has 166 valence electrons. The molecule has 0 spiro atoms. The fourth-order valence-electron chi connectivity index (χ4n) is 2.80. The summed E-state index contributed by atoms with van der Waals surface area (Å²) in [6, 6.07) is 14.7. The van der Waals surface area contributed by atoms with Crippen LogP contribution in [0, 0.1) is 6.92 Å². The fourth-order valence-corrected chi connectivity index (χ4v) is 2.80. The molecule has 0 aliphatic carbocycles. The zero-order valence-electron chi connectivity index (χ0n) is 18.7. The molecule has 0 radical (unpaired) electrons. The first kappa shape index (κ1) is 26.0. The summed E-state index contributed by atoms with van der Waals surface area (Å²) in [5, 5.41) is 6.72. The molecule has 0 saturated carbocycles. The van der Waals surface area contributed by atoms with E-state index >= 15 is 0 Å². The highest BCUT2D eigenvalue weighted by Gasteiger charge is 2.06. The van der Waals surface area contributed by atoms with Gasteiger partial charge in [0.2, 0.25) is 0 Å². The number of ether oxygens (including phenoxy) is 2. The number of methoxy groups -OCH3 is 1. The van der Waals surface area contributed by atoms with Crippen LogP contribution in [0.4, 0.5) is 5.69 Å². The van der Waals surface area contributed by atoms with Gasteiger partial charge in [0.15, 0.2) is 5.96 Å². The number of aryl methyl sites for hydroxylation is 1. The van der Waals surface area contributed by atoms with Crippen LogP contribution in [-0.4, -0.2) is 46.9 Å². The van der Waals surface area contributed by atoms with Crippen molar-refractivity contribution in [2.45, 2.75) is 26.9 Å². The highest BCUT2D eigenvalue weighted by molar-refractivity contribution is 14.0. The first-order chi connectivity index (χ1) is 14.0. The molecule has 2 rings (SSSR count). The van der Waals surface area contributed by atoms with Crippen LogP contribution >= 0.6 is 24.0 Å². The predicted molar refractivity (Wildman–Crippen MR) is 136 cm³/mol. The monoisotopic (exact) mass is 526 g/mol. The van der Waals surface area contributed by atoms with Crippen LogP contribution in [0.1, 0.15) is 23.6 Å². The molecule has 0 amide bonds. The summed E-state index contributed by atoms with van der Waals surface area (Å²) in [6.07, 6.45) is 0. The van der Waals surface area contributed by atoms with Gasteiger partial charge in [-0.3, -0.25) is 0 Å². The van der Waals surface area contributed by atoms with Gasteiger partial charge in [0, 0.05) is 45.5 Å². The number of anilines is 1. The van der Waals surface area contributed by atoms with Gasteiger partial charge in [-0.15, -0.1) is 24.0 Å². The van der Waals surface area contributed by atoms with Crippen molar-refractivity contribution in [3.05, 3.63) is 59.2 Å². The van der Waals surface area contributed by atoms with E-state index < -0.39 is 0 Å². The van der Waals surface area contributed by atoms with Gasteiger partial charge in [-0.05, 0) is 43.2 Å². The number of benzene rings is 2. The van der Waals surface area contributed by atoms with Crippen molar-refractivity contribution in [3.63, 3.8) is 0 Å². The Bertz CT molecular complexity index is 797. The van der Waals surface area contributed by atoms with Crippen LogP contribution < -0.4 is 20.3 Å². The molecule has 2 aromatic rings. The number of nitrogens with one attached hydrogen (secondary N) is 2. The summed E-state index contributed by atoms with van der Waals surface area (Å²) in [6.45, 7) is 7.27. The molecular formula is C23H35IN4O2. The van der Waals surface area contributed by atoms with E-state index in [-0.39, 0.29) is 24.0 Å². The zero-order chi connectivity index (χ0) is 21.1. The van der Waals surface area contributed by atoms with E-state index in [4.69, 9.17) is 14.5 Å². The molecule has 0 bridgehead atoms. The molecule has 7 heteroatoms. The highest BCUT2D eigenvalue weighted by atomic mass is 127. The first-order valence-corrected chi connectivity index (χ1v) is 10.0. The third-order valence-electron chi connectivity index (χ3n) is 4.40. The minimum absolute atomic E-state index is 0. The van der Waals surface area contributed by atoms with Crippen LogP contribution in [0.2, 0.25) is 0 Å². The Morgan fingerprint density at radius 2 is 1.87 bits per heavy atom. The third kappa shape index (κ3) is 8.79. The standard InChI is InChI=1S/C23H34N4O2.HI/c1-6-24-23(25-16-19-8-7-9-21(15-19)27(3)4)26-17-20-11-10-18(2)14-22(20)29-13-12-28-5;/h7-11,14-15H,6,12-13,16-17H2,1-5H3,(H2,24,25,26);1H. The smallest absolute Gasteiger partial charge is 0.191 e. The number of hydrogen-bond acceptors (Lipinski definition) is 4. The lowest BCUT2D eigenvalue weighted by atomic mass is 10.1. The van der Waals surface area contributed by atoms with Crippen LogP contribution in [0.3, 0.4) is 0 Å². The van der Waals surface area contributed by atoms with Crippen molar-refractivity contribution in [2.75, 3.05) is 45.9 Å². The van der Waals surface area contributed by atoms with Crippen molar-refractivity contribution in [2.24, 2.45) is 4.99 Å². The summed E-state index contributed by atoms with van der Waals surface area (Å²) in [5.74, 6) is 1.66. The Hall–Kier alpha value is -2.00. The molecule has 0 aromatic heterocycles. The molecule has 0 atom stereocenters. The number of hydrogen-bond donors (Lipinski definition) is 2. The predicted octanol–water partition coefficient (Wildman–Crippen LogP) is 3.96. The minimum Gasteiger partial charge on any atom is -0.491 e. The summed E-state index contributed by atoms with van der Waals surface area (Å²) in [4.78, 5) is 6.83. The van der Waals surface area contributed by atoms with Crippen LogP contribution in [0.5, 0.6) is 5.75 Å². The average molecular weight is 526 g/mol. The lowest BCUT2D eigenvalue weighted by molar-refractivity contribution is 0.145. The van der Waals surface area contributed by atoms with E-state index in [1.165, 1.54) is 16.8 Å². The number of halogens is 1. The second-order valence-electron chi connectivity index (χ2n) is 7.07. The maximum Gasteiger partial charge on any atom is 0.191 e. The van der Waals surface area contributed by atoms with Gasteiger partial charge in [-0.1, -0.05) is 24.3 Å². The van der Waals surface area contributed by atoms with Gasteiger partial charge < -0.3 is 25.0 Å². The minimum atomic E-state index is 0. The second kappa shape index (κ2) is 14.1. The van der Waals surface area contributed by atoms with Gasteiger partial charge in [0.1, 0.15) is 12.4 Å². The summed E-state index contributed by atoms with van der Waals surface area (Å²) in [5.41, 5.74) is 4.61. The molecule has 30 heavy (non-hydrogen) atoms. The Kier molecular flexibility index (Phi) is 12.2. The van der Waals surface area contributed by atoms with Gasteiger partial charge in [0.05, 0.1) is 13.2 Å². The molecule has 0 saturated heterocycles. The maximum atomic E-state index is 5.89. The van der Waals surface area contributed by atoms with Crippen LogP contribution in [0.25, 0.3) is 0 Å². The number of guanidine groups is 1. The fraction of sp³-hybridized carbons (Fsp3) is 0.435. The van der Waals surface area contributed by atoms with Crippen molar-refractivity contribution in [1.29, 1.82) is 0 Å². The van der Waals surface area contributed by atoms with Crippen molar-refractivity contribution in [3.8, 4) is 5.75 Å². The van der Waals surface area contributed by atoms with E-state index in [1.807, 2.05) is 14.1 Å². The van der Waals surface area contributed by atoms with E-state index in [9.17, 15) is 0 Å². The SMILES string of the molecule is CCNC(=NCc1cccc(N(C)C)c1)NCc1ccc(C)cc1OCCOC.I. The van der Waals surface area contributed by atoms with Crippen molar-refractivity contribution in [1.82, 2.24) is 10.6 Å². The van der Waals surface area contributed by atoms with Crippen LogP contribution in [-0.2, 0) is 17.8 Å². The Labute approximate surface area is 198 Å². The quantitative estimate of drug-likeness (QED) is 0.213. The molecule has 2 aromatic carbocycles. The molecule has 6 nitrogen and oxygen atoms in total. The first-order valence-electron chi connectivity index (χ1n) is 10.0. The summed E-state index contributed by atoms with van der Waals surface area (Å²) < 4.78 is 11.0. The van der Waals surface area contributed by atoms with Crippen LogP contribution in [0.15, 0.2) is 47.5 Å². The highest BCUT2D eigenvalue weighted by Crippen LogP contribution is 2.20. The zero-order valence-corrected chi connectivity index (χ0v) is 21.0. The summed E-state index contributed by atoms with van der Waals surface area (Å²) >= 11 is 0. The normalized spacial score (nSPS) is 10.9. The van der Waals surface area contributed by atoms with Crippen molar-refractivity contribution < 1.29 is 9.47 Å². The Balaban J connectivity index is 0.00000450. The third-order valence-corrected chi connectivity index (χ3v) is 4.40. The van der Waals surface area contributed by atoms with Gasteiger partial charge >= 0.3 is 0 Å². The molecule has 2 N–H and O–H groups in total. The second-order valence-corrected chi connectivity index (χ2v) is 7.07. The Morgan fingerprint density at radius 3 is 2.57 bits per heavy atom. The van der Waals surface area contributed by atoms with E-state index in [2.05, 4.69) is 71.8 Å². The number of aliphatic imine (C=N–C) groups is 1. The lowest BCUT2D eigenvalue weighted by Crippen LogP contribution is -2.36. The average Bonchev–Trinajstić information content (AvgIpc) is 2.71. The maximum absolute atomic E-state index is 5.89. The van der Waals surface area contributed by atoms with E-state index in [0.717, 1.165) is 23.8 Å². The number of nitrogens with zero attached hydrogens (tertiary/aromatic N) is 2. The molecule has 0 heterocycles. The number of rotatable bonds is 10. The van der Waals surface area contributed by atoms with E-state index in [0.29, 0.717) is 26.3 Å². The Morgan fingerprint density at radius 1 is 1.07 bits per heavy atom. The topological polar surface area (TPSA) is 58.1 Å². The summed E-state index contributed by atoms with van der Waals surface area (Å²) in [7, 11) is 5.76. The molecule has 0 aliphatic rings. The largest absolute Gasteiger partial charge is 0.491 e.